The number of carbonyl (C=O) groups is 1. The second kappa shape index (κ2) is 8.16. The second-order valence-corrected chi connectivity index (χ2v) is 4.13. The van der Waals surface area contributed by atoms with E-state index in [1.165, 1.54) is 0 Å². The molecule has 3 N–H and O–H groups in total. The first-order valence-corrected chi connectivity index (χ1v) is 6.52. The predicted octanol–water partition coefficient (Wildman–Crippen LogP) is 0.757. The van der Waals surface area contributed by atoms with Crippen molar-refractivity contribution in [1.82, 2.24) is 15.6 Å². The maximum Gasteiger partial charge on any atom is 0.425 e. The fourth-order valence-electron chi connectivity index (χ4n) is 1.55. The molecule has 0 unspecified atom stereocenters. The highest BCUT2D eigenvalue weighted by molar-refractivity contribution is 5.68. The van der Waals surface area contributed by atoms with E-state index in [1.807, 2.05) is 11.8 Å². The number of carbonyl (C=O) groups excluding carboxylic acids is 1. The molecule has 0 radical (unpaired) electrons. The summed E-state index contributed by atoms with van der Waals surface area (Å²) in [5.41, 5.74) is 4.92. The molecule has 0 bridgehead atoms. The predicted molar refractivity (Wildman–Crippen MR) is 75.4 cm³/mol. The number of amides is 1. The largest absolute Gasteiger partial charge is 0.449 e. The molecular weight excluding hydrogens is 262 g/mol. The van der Waals surface area contributed by atoms with Crippen molar-refractivity contribution < 1.29 is 14.6 Å². The first-order chi connectivity index (χ1) is 9.56. The maximum atomic E-state index is 11.1. The van der Waals surface area contributed by atoms with Crippen LogP contribution in [-0.4, -0.2) is 47.2 Å². The third-order valence-corrected chi connectivity index (χ3v) is 2.41. The highest BCUT2D eigenvalue weighted by Gasteiger charge is 2.09. The Morgan fingerprint density at radius 3 is 2.70 bits per heavy atom. The fraction of sp³-hybridized carbons (Fsp3) is 0.583. The lowest BCUT2D eigenvalue weighted by atomic mass is 10.3. The molecule has 0 saturated carbocycles. The number of aliphatic hydroxyl groups excluding tert-OH is 1. The lowest BCUT2D eigenvalue weighted by Gasteiger charge is -2.22. The topological polar surface area (TPSA) is 99.6 Å². The van der Waals surface area contributed by atoms with Crippen LogP contribution >= 0.6 is 0 Å². The fourth-order valence-corrected chi connectivity index (χ4v) is 1.55. The number of ether oxygens (including phenoxy) is 1. The van der Waals surface area contributed by atoms with Crippen LogP contribution in [0.25, 0.3) is 0 Å². The van der Waals surface area contributed by atoms with Gasteiger partial charge >= 0.3 is 6.09 Å². The van der Waals surface area contributed by atoms with Gasteiger partial charge in [-0.1, -0.05) is 0 Å². The Morgan fingerprint density at radius 1 is 1.45 bits per heavy atom. The molecule has 20 heavy (non-hydrogen) atoms. The van der Waals surface area contributed by atoms with Crippen LogP contribution in [0.5, 0.6) is 0 Å². The standard InChI is InChI=1S/C12H21N5O3/c1-4-17(8-9(3)18)11-7-6-10(13-15-11)14-16-12(19)20-5-2/h6-7,9,18H,4-5,8H2,1-3H3,(H,13,14)(H,16,19)/t9-/m1/s1. The Kier molecular flexibility index (Phi) is 6.51. The van der Waals surface area contributed by atoms with Crippen molar-refractivity contribution >= 4 is 17.7 Å². The highest BCUT2D eigenvalue weighted by atomic mass is 16.5. The van der Waals surface area contributed by atoms with Crippen molar-refractivity contribution in [2.24, 2.45) is 0 Å². The van der Waals surface area contributed by atoms with Gasteiger partial charge in [-0.2, -0.15) is 0 Å². The van der Waals surface area contributed by atoms with Gasteiger partial charge < -0.3 is 14.7 Å². The molecule has 0 aliphatic rings. The average Bonchev–Trinajstić information content (AvgIpc) is 2.43. The molecule has 8 heteroatoms. The summed E-state index contributed by atoms with van der Waals surface area (Å²) in [6.45, 7) is 6.90. The normalized spacial score (nSPS) is 11.6. The Balaban J connectivity index is 2.56. The number of nitrogens with zero attached hydrogens (tertiary/aromatic N) is 3. The number of rotatable bonds is 7. The highest BCUT2D eigenvalue weighted by Crippen LogP contribution is 2.11. The zero-order valence-corrected chi connectivity index (χ0v) is 12.0. The van der Waals surface area contributed by atoms with E-state index in [2.05, 4.69) is 25.8 Å². The summed E-state index contributed by atoms with van der Waals surface area (Å²) < 4.78 is 4.69. The van der Waals surface area contributed by atoms with Crippen molar-refractivity contribution in [2.75, 3.05) is 30.0 Å². The van der Waals surface area contributed by atoms with Crippen molar-refractivity contribution in [3.05, 3.63) is 12.1 Å². The number of likely N-dealkylation sites (N-methyl/N-ethyl adjacent to an activating group) is 1. The third kappa shape index (κ3) is 5.27. The van der Waals surface area contributed by atoms with Crippen LogP contribution in [0.2, 0.25) is 0 Å². The van der Waals surface area contributed by atoms with Gasteiger partial charge in [0, 0.05) is 13.1 Å². The van der Waals surface area contributed by atoms with Gasteiger partial charge in [0.1, 0.15) is 0 Å². The molecule has 112 valence electrons. The van der Waals surface area contributed by atoms with E-state index in [4.69, 9.17) is 0 Å². The summed E-state index contributed by atoms with van der Waals surface area (Å²) in [6.07, 6.45) is -1.03. The van der Waals surface area contributed by atoms with E-state index in [0.29, 0.717) is 31.3 Å². The van der Waals surface area contributed by atoms with Gasteiger partial charge in [0.05, 0.1) is 12.7 Å². The van der Waals surface area contributed by atoms with Crippen LogP contribution in [0, 0.1) is 0 Å². The van der Waals surface area contributed by atoms with Gasteiger partial charge in [0.25, 0.3) is 0 Å². The van der Waals surface area contributed by atoms with E-state index in [9.17, 15) is 9.90 Å². The Morgan fingerprint density at radius 2 is 2.20 bits per heavy atom. The number of hydrogen-bond acceptors (Lipinski definition) is 7. The first kappa shape index (κ1) is 16.0. The molecule has 1 heterocycles. The molecule has 0 fully saturated rings. The van der Waals surface area contributed by atoms with Gasteiger partial charge in [0.2, 0.25) is 0 Å². The molecule has 0 aliphatic carbocycles. The molecule has 1 rings (SSSR count). The van der Waals surface area contributed by atoms with Crippen LogP contribution < -0.4 is 15.8 Å². The van der Waals surface area contributed by atoms with Gasteiger partial charge in [-0.25, -0.2) is 10.2 Å². The number of aliphatic hydroxyl groups is 1. The van der Waals surface area contributed by atoms with Crippen LogP contribution in [0.3, 0.4) is 0 Å². The Hall–Kier alpha value is -2.09. The van der Waals surface area contributed by atoms with Crippen molar-refractivity contribution in [2.45, 2.75) is 26.9 Å². The monoisotopic (exact) mass is 283 g/mol. The van der Waals surface area contributed by atoms with Gasteiger partial charge in [-0.15, -0.1) is 10.2 Å². The van der Waals surface area contributed by atoms with Crippen LogP contribution in [-0.2, 0) is 4.74 Å². The summed E-state index contributed by atoms with van der Waals surface area (Å²) in [6, 6.07) is 3.44. The Bertz CT molecular complexity index is 410. The minimum absolute atomic E-state index is 0.295. The van der Waals surface area contributed by atoms with Gasteiger partial charge in [-0.3, -0.25) is 5.43 Å². The summed E-state index contributed by atoms with van der Waals surface area (Å²) >= 11 is 0. The molecular formula is C12H21N5O3. The van der Waals surface area contributed by atoms with Crippen molar-refractivity contribution in [3.63, 3.8) is 0 Å². The maximum absolute atomic E-state index is 11.1. The van der Waals surface area contributed by atoms with E-state index in [-0.39, 0.29) is 0 Å². The molecule has 0 saturated heterocycles. The molecule has 0 aromatic carbocycles. The zero-order valence-electron chi connectivity index (χ0n) is 12.0. The van der Waals surface area contributed by atoms with Crippen molar-refractivity contribution in [3.8, 4) is 0 Å². The smallest absolute Gasteiger partial charge is 0.425 e. The zero-order chi connectivity index (χ0) is 15.0. The second-order valence-electron chi connectivity index (χ2n) is 4.13. The average molecular weight is 283 g/mol. The van der Waals surface area contributed by atoms with Crippen LogP contribution in [0.4, 0.5) is 16.4 Å². The van der Waals surface area contributed by atoms with E-state index in [0.717, 1.165) is 0 Å². The number of anilines is 2. The molecule has 1 amide bonds. The number of aromatic nitrogens is 2. The first-order valence-electron chi connectivity index (χ1n) is 6.52. The summed E-state index contributed by atoms with van der Waals surface area (Å²) in [5, 5.41) is 17.4. The molecule has 1 aromatic rings. The molecule has 1 aromatic heterocycles. The van der Waals surface area contributed by atoms with E-state index >= 15 is 0 Å². The minimum atomic E-state index is -0.581. The van der Waals surface area contributed by atoms with Crippen molar-refractivity contribution in [1.29, 1.82) is 0 Å². The lowest BCUT2D eigenvalue weighted by molar-refractivity contribution is 0.154. The number of hydrogen-bond donors (Lipinski definition) is 3. The van der Waals surface area contributed by atoms with Crippen LogP contribution in [0.1, 0.15) is 20.8 Å². The SMILES string of the molecule is CCOC(=O)NNc1ccc(N(CC)C[C@@H](C)O)nn1. The molecule has 1 atom stereocenters. The Labute approximate surface area is 118 Å². The molecule has 8 nitrogen and oxygen atoms in total. The molecule has 0 spiro atoms. The lowest BCUT2D eigenvalue weighted by Crippen LogP contribution is -2.32. The summed E-state index contributed by atoms with van der Waals surface area (Å²) in [4.78, 5) is 13.0. The van der Waals surface area contributed by atoms with Gasteiger partial charge in [-0.05, 0) is 32.9 Å². The van der Waals surface area contributed by atoms with Crippen LogP contribution in [0.15, 0.2) is 12.1 Å². The number of nitrogens with one attached hydrogen (secondary N) is 2. The van der Waals surface area contributed by atoms with E-state index in [1.54, 1.807) is 26.0 Å². The summed E-state index contributed by atoms with van der Waals surface area (Å²) in [7, 11) is 0. The van der Waals surface area contributed by atoms with Gasteiger partial charge in [0.15, 0.2) is 11.6 Å². The quantitative estimate of drug-likeness (QED) is 0.635. The summed E-state index contributed by atoms with van der Waals surface area (Å²) in [5.74, 6) is 1.06. The minimum Gasteiger partial charge on any atom is -0.449 e. The third-order valence-electron chi connectivity index (χ3n) is 2.41. The molecule has 0 aliphatic heterocycles. The van der Waals surface area contributed by atoms with E-state index < -0.39 is 12.2 Å². The number of hydrazine groups is 1.